The summed E-state index contributed by atoms with van der Waals surface area (Å²) in [6.07, 6.45) is 0. The second-order valence-electron chi connectivity index (χ2n) is 1.98. The minimum absolute atomic E-state index is 0. The average Bonchev–Trinajstić information content (AvgIpc) is 2.15. The first kappa shape index (κ1) is 21.0. The predicted octanol–water partition coefficient (Wildman–Crippen LogP) is 1.33. The second-order valence-corrected chi connectivity index (χ2v) is 4.04. The van der Waals surface area contributed by atoms with Crippen molar-refractivity contribution in [3.8, 4) is 0 Å². The molecule has 0 aromatic heterocycles. The number of nitrogens with zero attached hydrogens (tertiary/aromatic N) is 4. The van der Waals surface area contributed by atoms with E-state index >= 15 is 0 Å². The molecule has 9 heteroatoms. The maximum Gasteiger partial charge on any atom is 0 e. The Morgan fingerprint density at radius 3 is 1.13 bits per heavy atom. The first-order valence-corrected chi connectivity index (χ1v) is 5.09. The van der Waals surface area contributed by atoms with Crippen LogP contribution in [0.3, 0.4) is 0 Å². The Balaban J connectivity index is -0.000000180. The zero-order valence-corrected chi connectivity index (χ0v) is 13.0. The summed E-state index contributed by atoms with van der Waals surface area (Å²) >= 11 is 18.3. The van der Waals surface area contributed by atoms with Crippen LogP contribution in [0.15, 0.2) is 0 Å². The van der Waals surface area contributed by atoms with Crippen LogP contribution < -0.4 is 0 Å². The molecule has 15 heavy (non-hydrogen) atoms. The summed E-state index contributed by atoms with van der Waals surface area (Å²) in [5.41, 5.74) is 7.35. The fourth-order valence-electron chi connectivity index (χ4n) is 0.163. The summed E-state index contributed by atoms with van der Waals surface area (Å²) in [5.74, 6) is 0. The van der Waals surface area contributed by atoms with E-state index in [9.17, 15) is 0 Å². The summed E-state index contributed by atoms with van der Waals surface area (Å²) in [6, 6.07) is 0. The van der Waals surface area contributed by atoms with Gasteiger partial charge in [0.05, 0.1) is 0 Å². The van der Waals surface area contributed by atoms with E-state index in [2.05, 4.69) is 60.5 Å². The monoisotopic (exact) mass is 326 g/mol. The first-order valence-electron chi connectivity index (χ1n) is 3.45. The van der Waals surface area contributed by atoms with Crippen molar-refractivity contribution in [2.24, 2.45) is 0 Å². The molecular formula is C6H12N4NiS4-4. The molecule has 0 fully saturated rings. The van der Waals surface area contributed by atoms with E-state index < -0.39 is 0 Å². The quantitative estimate of drug-likeness (QED) is 0.330. The van der Waals surface area contributed by atoms with Gasteiger partial charge < -0.3 is 70.6 Å². The van der Waals surface area contributed by atoms with Crippen LogP contribution >= 0.6 is 24.4 Å². The molecule has 0 radical (unpaired) electrons. The van der Waals surface area contributed by atoms with Gasteiger partial charge in [0.1, 0.15) is 0 Å². The van der Waals surface area contributed by atoms with E-state index in [1.54, 1.807) is 28.2 Å². The molecule has 94 valence electrons. The van der Waals surface area contributed by atoms with Crippen molar-refractivity contribution >= 4 is 58.3 Å². The number of hydrogen-bond acceptors (Lipinski definition) is 4. The van der Waals surface area contributed by atoms with Crippen molar-refractivity contribution in [3.05, 3.63) is 10.9 Å². The molecule has 4 nitrogen and oxygen atoms in total. The van der Waals surface area contributed by atoms with Gasteiger partial charge in [0, 0.05) is 16.5 Å². The van der Waals surface area contributed by atoms with E-state index in [0.29, 0.717) is 8.64 Å². The van der Waals surface area contributed by atoms with Gasteiger partial charge in [-0.2, -0.15) is 0 Å². The van der Waals surface area contributed by atoms with Crippen molar-refractivity contribution in [1.82, 2.24) is 10.0 Å². The minimum atomic E-state index is 0. The summed E-state index contributed by atoms with van der Waals surface area (Å²) in [6.45, 7) is 0. The fourth-order valence-corrected chi connectivity index (χ4v) is 0.490. The molecule has 0 unspecified atom stereocenters. The first-order chi connectivity index (χ1) is 6.36. The molecule has 0 rings (SSSR count). The summed E-state index contributed by atoms with van der Waals surface area (Å²) in [5, 5.41) is 2.93. The zero-order valence-electron chi connectivity index (χ0n) is 8.74. The van der Waals surface area contributed by atoms with Crippen molar-refractivity contribution in [2.75, 3.05) is 28.2 Å². The zero-order chi connectivity index (χ0) is 11.7. The van der Waals surface area contributed by atoms with Gasteiger partial charge in [-0.15, -0.1) is 14.1 Å². The molecule has 0 bridgehead atoms. The normalized spacial score (nSPS) is 7.73. The second kappa shape index (κ2) is 12.7. The Morgan fingerprint density at radius 1 is 0.933 bits per heavy atom. The van der Waals surface area contributed by atoms with Crippen LogP contribution in [0.1, 0.15) is 0 Å². The van der Waals surface area contributed by atoms with Gasteiger partial charge in [-0.3, -0.25) is 0 Å². The smallest absolute Gasteiger partial charge is 0 e. The van der Waals surface area contributed by atoms with Gasteiger partial charge in [-0.25, -0.2) is 0 Å². The van der Waals surface area contributed by atoms with Gasteiger partial charge >= 0.3 is 0 Å². The standard InChI is InChI=1S/2C3H7N2S2.Ni/c2*1-4-5(2)3(6)7;/h2*1-2H3,(H,6,7);/q2*-1;/p-2. The van der Waals surface area contributed by atoms with Gasteiger partial charge in [0.15, 0.2) is 0 Å². The molecule has 0 saturated heterocycles. The summed E-state index contributed by atoms with van der Waals surface area (Å²) in [7, 11) is 6.71. The third kappa shape index (κ3) is 14.6. The van der Waals surface area contributed by atoms with Gasteiger partial charge in [-0.1, -0.05) is 8.64 Å². The van der Waals surface area contributed by atoms with Crippen LogP contribution in [0.4, 0.5) is 0 Å². The number of thiocarbonyl (C=S) groups is 2. The summed E-state index contributed by atoms with van der Waals surface area (Å²) < 4.78 is 0.755. The molecule has 0 N–H and O–H groups in total. The molecule has 0 atom stereocenters. The van der Waals surface area contributed by atoms with Crippen LogP contribution in [0.5, 0.6) is 0 Å². The molecule has 0 amide bonds. The maximum absolute atomic E-state index is 4.56. The molecule has 0 spiro atoms. The number of rotatable bonds is 2. The van der Waals surface area contributed by atoms with E-state index in [1.807, 2.05) is 0 Å². The molecule has 0 saturated carbocycles. The van der Waals surface area contributed by atoms with Crippen molar-refractivity contribution in [2.45, 2.75) is 0 Å². The van der Waals surface area contributed by atoms with Gasteiger partial charge in [0.25, 0.3) is 0 Å². The molecule has 0 aliphatic rings. The van der Waals surface area contributed by atoms with E-state index in [-0.39, 0.29) is 16.5 Å². The van der Waals surface area contributed by atoms with E-state index in [4.69, 9.17) is 0 Å². The topological polar surface area (TPSA) is 34.7 Å². The van der Waals surface area contributed by atoms with Crippen molar-refractivity contribution in [1.29, 1.82) is 0 Å². The maximum atomic E-state index is 4.56. The average molecular weight is 327 g/mol. The van der Waals surface area contributed by atoms with E-state index in [0.717, 1.165) is 0 Å². The minimum Gasteiger partial charge on any atom is -0.572 e. The predicted molar refractivity (Wildman–Crippen MR) is 74.0 cm³/mol. The van der Waals surface area contributed by atoms with Crippen LogP contribution in [0, 0.1) is 0 Å². The molecule has 0 aromatic carbocycles. The molecular weight excluding hydrogens is 315 g/mol. The molecule has 0 aliphatic carbocycles. The third-order valence-corrected chi connectivity index (χ3v) is 2.19. The van der Waals surface area contributed by atoms with Crippen molar-refractivity contribution < 1.29 is 16.5 Å². The SMILES string of the molecule is C[N-]N(C)C(=S)[S-].C[N-]N(C)C(=S)[S-].[Ni]. The molecule has 0 heterocycles. The molecule has 0 aliphatic heterocycles. The summed E-state index contributed by atoms with van der Waals surface area (Å²) in [4.78, 5) is 0. The van der Waals surface area contributed by atoms with E-state index in [1.165, 1.54) is 10.0 Å². The number of hydrogen-bond donors (Lipinski definition) is 0. The Hall–Kier alpha value is 0.634. The van der Waals surface area contributed by atoms with Crippen LogP contribution in [-0.4, -0.2) is 46.8 Å². The van der Waals surface area contributed by atoms with Gasteiger partial charge in [0.2, 0.25) is 0 Å². The molecule has 0 aromatic rings. The van der Waals surface area contributed by atoms with Crippen molar-refractivity contribution in [3.63, 3.8) is 0 Å². The Morgan fingerprint density at radius 2 is 1.13 bits per heavy atom. The fraction of sp³-hybridized carbons (Fsp3) is 0.667. The van der Waals surface area contributed by atoms with Crippen LogP contribution in [0.2, 0.25) is 0 Å². The third-order valence-electron chi connectivity index (χ3n) is 1.13. The van der Waals surface area contributed by atoms with Gasteiger partial charge in [-0.05, 0) is 14.1 Å². The Labute approximate surface area is 123 Å². The van der Waals surface area contributed by atoms with Crippen LogP contribution in [-0.2, 0) is 41.7 Å². The largest absolute Gasteiger partial charge is 0.572 e. The Bertz CT molecular complexity index is 172. The Kier molecular flexibility index (Phi) is 17.8. The van der Waals surface area contributed by atoms with Crippen LogP contribution in [0.25, 0.3) is 10.9 Å².